The molecule has 0 heterocycles. The third-order valence-electron chi connectivity index (χ3n) is 3.71. The molecule has 0 amide bonds. The molecule has 0 spiro atoms. The van der Waals surface area contributed by atoms with Crippen molar-refractivity contribution >= 4 is 0 Å². The molecule has 1 saturated carbocycles. The smallest absolute Gasteiger partial charge is 0.0515 e. The van der Waals surface area contributed by atoms with E-state index in [4.69, 9.17) is 0 Å². The van der Waals surface area contributed by atoms with Gasteiger partial charge in [-0.2, -0.15) is 0 Å². The molecule has 0 bridgehead atoms. The van der Waals surface area contributed by atoms with Crippen LogP contribution in [0.2, 0.25) is 0 Å². The maximum atomic E-state index is 9.29. The van der Waals surface area contributed by atoms with Crippen molar-refractivity contribution in [3.63, 3.8) is 0 Å². The quantitative estimate of drug-likeness (QED) is 0.735. The van der Waals surface area contributed by atoms with Crippen molar-refractivity contribution in [1.82, 2.24) is 5.32 Å². The Labute approximate surface area is 94.5 Å². The summed E-state index contributed by atoms with van der Waals surface area (Å²) < 4.78 is 0. The molecule has 0 saturated heterocycles. The van der Waals surface area contributed by atoms with Crippen LogP contribution in [0.5, 0.6) is 0 Å². The van der Waals surface area contributed by atoms with Gasteiger partial charge in [-0.15, -0.1) is 0 Å². The Morgan fingerprint density at radius 2 is 2.07 bits per heavy atom. The molecule has 0 aromatic heterocycles. The average molecular weight is 213 g/mol. The van der Waals surface area contributed by atoms with Crippen LogP contribution in [0.15, 0.2) is 0 Å². The van der Waals surface area contributed by atoms with Crippen molar-refractivity contribution in [2.24, 2.45) is 11.3 Å². The Morgan fingerprint density at radius 1 is 1.40 bits per heavy atom. The Bertz CT molecular complexity index is 189. The molecule has 0 aromatic rings. The average Bonchev–Trinajstić information content (AvgIpc) is 2.40. The minimum Gasteiger partial charge on any atom is -0.393 e. The normalized spacial score (nSPS) is 29.0. The van der Waals surface area contributed by atoms with Crippen LogP contribution in [-0.2, 0) is 0 Å². The molecule has 1 rings (SSSR count). The van der Waals surface area contributed by atoms with Gasteiger partial charge in [0.2, 0.25) is 0 Å². The predicted octanol–water partition coefficient (Wildman–Crippen LogP) is 2.56. The summed E-state index contributed by atoms with van der Waals surface area (Å²) in [5.74, 6) is 0.571. The summed E-state index contributed by atoms with van der Waals surface area (Å²) in [7, 11) is 0. The van der Waals surface area contributed by atoms with Crippen molar-refractivity contribution in [3.8, 4) is 0 Å². The minimum atomic E-state index is -0.168. The maximum Gasteiger partial charge on any atom is 0.0515 e. The van der Waals surface area contributed by atoms with E-state index in [9.17, 15) is 5.11 Å². The van der Waals surface area contributed by atoms with Crippen LogP contribution in [0.25, 0.3) is 0 Å². The summed E-state index contributed by atoms with van der Waals surface area (Å²) in [4.78, 5) is 0. The number of nitrogens with one attached hydrogen (secondary N) is 1. The van der Waals surface area contributed by atoms with E-state index < -0.39 is 0 Å². The second-order valence-corrected chi connectivity index (χ2v) is 6.03. The lowest BCUT2D eigenvalue weighted by molar-refractivity contribution is 0.159. The van der Waals surface area contributed by atoms with Gasteiger partial charge in [0.15, 0.2) is 0 Å². The Morgan fingerprint density at radius 3 is 2.53 bits per heavy atom. The summed E-state index contributed by atoms with van der Waals surface area (Å²) in [5.41, 5.74) is 0.463. The van der Waals surface area contributed by atoms with Crippen molar-refractivity contribution in [1.29, 1.82) is 0 Å². The standard InChI is InChI=1S/C13H27NO/c1-10(8-11(2)15)9-14-12-6-5-7-13(12,3)4/h10-12,14-15H,5-9H2,1-4H3. The van der Waals surface area contributed by atoms with Crippen molar-refractivity contribution in [3.05, 3.63) is 0 Å². The molecule has 2 heteroatoms. The van der Waals surface area contributed by atoms with E-state index in [0.29, 0.717) is 17.4 Å². The van der Waals surface area contributed by atoms with E-state index in [1.807, 2.05) is 6.92 Å². The molecule has 3 atom stereocenters. The topological polar surface area (TPSA) is 32.3 Å². The van der Waals surface area contributed by atoms with Gasteiger partial charge < -0.3 is 10.4 Å². The first-order valence-electron chi connectivity index (χ1n) is 6.33. The number of hydrogen-bond donors (Lipinski definition) is 2. The number of aliphatic hydroxyl groups excluding tert-OH is 1. The highest BCUT2D eigenvalue weighted by Gasteiger charge is 2.33. The first-order valence-corrected chi connectivity index (χ1v) is 6.33. The zero-order valence-electron chi connectivity index (χ0n) is 10.7. The molecule has 1 fully saturated rings. The Hall–Kier alpha value is -0.0800. The Kier molecular flexibility index (Phi) is 4.60. The van der Waals surface area contributed by atoms with E-state index in [1.165, 1.54) is 19.3 Å². The molecule has 90 valence electrons. The van der Waals surface area contributed by atoms with E-state index in [1.54, 1.807) is 0 Å². The molecule has 0 aromatic carbocycles. The lowest BCUT2D eigenvalue weighted by Gasteiger charge is -2.29. The van der Waals surface area contributed by atoms with Crippen LogP contribution in [0.3, 0.4) is 0 Å². The highest BCUT2D eigenvalue weighted by Crippen LogP contribution is 2.37. The first kappa shape index (κ1) is 13.0. The fourth-order valence-electron chi connectivity index (χ4n) is 2.71. The zero-order chi connectivity index (χ0) is 11.5. The molecule has 1 aliphatic rings. The highest BCUT2D eigenvalue weighted by molar-refractivity contribution is 4.90. The van der Waals surface area contributed by atoms with Gasteiger partial charge >= 0.3 is 0 Å². The van der Waals surface area contributed by atoms with Gasteiger partial charge in [-0.3, -0.25) is 0 Å². The SMILES string of the molecule is CC(O)CC(C)CNC1CCCC1(C)C. The van der Waals surface area contributed by atoms with Gasteiger partial charge in [0.05, 0.1) is 6.10 Å². The molecule has 0 radical (unpaired) electrons. The molecule has 3 unspecified atom stereocenters. The number of rotatable bonds is 5. The van der Waals surface area contributed by atoms with E-state index in [2.05, 4.69) is 26.1 Å². The monoisotopic (exact) mass is 213 g/mol. The predicted molar refractivity (Wildman–Crippen MR) is 64.9 cm³/mol. The van der Waals surface area contributed by atoms with Gasteiger partial charge in [0.1, 0.15) is 0 Å². The Balaban J connectivity index is 2.25. The first-order chi connectivity index (χ1) is 6.92. The van der Waals surface area contributed by atoms with Gasteiger partial charge in [0.25, 0.3) is 0 Å². The van der Waals surface area contributed by atoms with Crippen LogP contribution in [0.1, 0.15) is 53.4 Å². The zero-order valence-corrected chi connectivity index (χ0v) is 10.7. The summed E-state index contributed by atoms with van der Waals surface area (Å²) in [5, 5.41) is 13.0. The molecular weight excluding hydrogens is 186 g/mol. The van der Waals surface area contributed by atoms with Crippen LogP contribution in [-0.4, -0.2) is 23.8 Å². The molecule has 2 nitrogen and oxygen atoms in total. The third kappa shape index (κ3) is 4.12. The number of aliphatic hydroxyl groups is 1. The van der Waals surface area contributed by atoms with Crippen molar-refractivity contribution in [2.75, 3.05) is 6.54 Å². The molecular formula is C13H27NO. The summed E-state index contributed by atoms with van der Waals surface area (Å²) in [6, 6.07) is 0.675. The summed E-state index contributed by atoms with van der Waals surface area (Å²) >= 11 is 0. The van der Waals surface area contributed by atoms with Crippen molar-refractivity contribution in [2.45, 2.75) is 65.5 Å². The largest absolute Gasteiger partial charge is 0.393 e. The summed E-state index contributed by atoms with van der Waals surface area (Å²) in [6.07, 6.45) is 4.75. The van der Waals surface area contributed by atoms with Gasteiger partial charge in [-0.25, -0.2) is 0 Å². The molecule has 0 aliphatic heterocycles. The second kappa shape index (κ2) is 5.31. The highest BCUT2D eigenvalue weighted by atomic mass is 16.3. The van der Waals surface area contributed by atoms with E-state index in [-0.39, 0.29) is 6.10 Å². The third-order valence-corrected chi connectivity index (χ3v) is 3.71. The van der Waals surface area contributed by atoms with Crippen LogP contribution in [0, 0.1) is 11.3 Å². The molecule has 15 heavy (non-hydrogen) atoms. The van der Waals surface area contributed by atoms with Crippen LogP contribution in [0.4, 0.5) is 0 Å². The summed E-state index contributed by atoms with van der Waals surface area (Å²) in [6.45, 7) is 9.84. The minimum absolute atomic E-state index is 0.168. The van der Waals surface area contributed by atoms with Crippen LogP contribution >= 0.6 is 0 Å². The fourth-order valence-corrected chi connectivity index (χ4v) is 2.71. The van der Waals surface area contributed by atoms with Crippen LogP contribution < -0.4 is 5.32 Å². The van der Waals surface area contributed by atoms with E-state index >= 15 is 0 Å². The van der Waals surface area contributed by atoms with Crippen molar-refractivity contribution < 1.29 is 5.11 Å². The van der Waals surface area contributed by atoms with Gasteiger partial charge in [-0.05, 0) is 44.1 Å². The maximum absolute atomic E-state index is 9.29. The molecule has 2 N–H and O–H groups in total. The number of hydrogen-bond acceptors (Lipinski definition) is 2. The fraction of sp³-hybridized carbons (Fsp3) is 1.00. The lowest BCUT2D eigenvalue weighted by atomic mass is 9.87. The molecule has 1 aliphatic carbocycles. The van der Waals surface area contributed by atoms with Gasteiger partial charge in [-0.1, -0.05) is 27.2 Å². The van der Waals surface area contributed by atoms with E-state index in [0.717, 1.165) is 13.0 Å². The second-order valence-electron chi connectivity index (χ2n) is 6.03. The van der Waals surface area contributed by atoms with Gasteiger partial charge in [0, 0.05) is 6.04 Å². The lowest BCUT2D eigenvalue weighted by Crippen LogP contribution is -2.40.